The summed E-state index contributed by atoms with van der Waals surface area (Å²) in [5.74, 6) is -1.32. The number of aliphatic hydroxyl groups excluding tert-OH is 1. The number of phenolic OH excluding ortho intramolecular Hbond substituents is 1. The number of phenols is 1. The maximum atomic E-state index is 13.6. The molecule has 1 aliphatic carbocycles. The van der Waals surface area contributed by atoms with Crippen molar-refractivity contribution in [1.82, 2.24) is 4.98 Å². The Kier molecular flexibility index (Phi) is 5.31. The van der Waals surface area contributed by atoms with Gasteiger partial charge in [-0.15, -0.1) is 0 Å². The molecule has 0 amide bonds. The second kappa shape index (κ2) is 7.81. The van der Waals surface area contributed by atoms with Crippen LogP contribution in [-0.2, 0) is 10.2 Å². The van der Waals surface area contributed by atoms with Gasteiger partial charge in [0.25, 0.3) is 0 Å². The van der Waals surface area contributed by atoms with E-state index in [-0.39, 0.29) is 30.2 Å². The molecule has 31 heavy (non-hydrogen) atoms. The summed E-state index contributed by atoms with van der Waals surface area (Å²) in [6.07, 6.45) is 0.479. The van der Waals surface area contributed by atoms with E-state index in [0.717, 1.165) is 16.5 Å². The summed E-state index contributed by atoms with van der Waals surface area (Å²) < 4.78 is 19.6. The van der Waals surface area contributed by atoms with E-state index >= 15 is 0 Å². The number of nitrogens with zero attached hydrogens (tertiary/aromatic N) is 1. The van der Waals surface area contributed by atoms with Gasteiger partial charge in [0, 0.05) is 16.4 Å². The summed E-state index contributed by atoms with van der Waals surface area (Å²) in [5.41, 5.74) is 1.28. The highest BCUT2D eigenvalue weighted by molar-refractivity contribution is 6.01. The monoisotopic (exact) mass is 425 g/mol. The van der Waals surface area contributed by atoms with Crippen LogP contribution in [0.5, 0.6) is 11.6 Å². The van der Waals surface area contributed by atoms with Crippen LogP contribution < -0.4 is 4.74 Å². The predicted molar refractivity (Wildman–Crippen MR) is 114 cm³/mol. The fraction of sp³-hybridized carbons (Fsp3) is 0.333. The van der Waals surface area contributed by atoms with E-state index in [1.54, 1.807) is 30.3 Å². The number of pyridine rings is 1. The molecule has 1 aromatic heterocycles. The molecule has 0 unspecified atom stereocenters. The van der Waals surface area contributed by atoms with Gasteiger partial charge in [0.05, 0.1) is 18.2 Å². The number of aromatic nitrogens is 1. The van der Waals surface area contributed by atoms with E-state index in [9.17, 15) is 19.4 Å². The number of rotatable bonds is 6. The van der Waals surface area contributed by atoms with Crippen LogP contribution in [0.25, 0.3) is 21.9 Å². The lowest BCUT2D eigenvalue weighted by atomic mass is 9.82. The number of aliphatic hydroxyl groups is 1. The third-order valence-corrected chi connectivity index (χ3v) is 5.84. The average molecular weight is 425 g/mol. The van der Waals surface area contributed by atoms with Gasteiger partial charge in [-0.2, -0.15) is 0 Å². The lowest BCUT2D eigenvalue weighted by Crippen LogP contribution is -2.38. The Morgan fingerprint density at radius 1 is 1.16 bits per heavy atom. The Bertz CT molecular complexity index is 1140. The van der Waals surface area contributed by atoms with Crippen molar-refractivity contribution in [1.29, 1.82) is 0 Å². The summed E-state index contributed by atoms with van der Waals surface area (Å²) in [5, 5.41) is 30.6. The van der Waals surface area contributed by atoms with Crippen molar-refractivity contribution in [3.63, 3.8) is 0 Å². The number of ether oxygens (including phenoxy) is 1. The Morgan fingerprint density at radius 3 is 2.45 bits per heavy atom. The summed E-state index contributed by atoms with van der Waals surface area (Å²) in [7, 11) is 0. The molecule has 0 spiro atoms. The number of hydrogen-bond acceptors (Lipinski definition) is 5. The van der Waals surface area contributed by atoms with Crippen LogP contribution in [0.1, 0.15) is 32.4 Å². The topological polar surface area (TPSA) is 99.9 Å². The third kappa shape index (κ3) is 3.93. The number of benzene rings is 2. The first-order valence-electron chi connectivity index (χ1n) is 10.1. The molecular formula is C24H24FNO5. The minimum absolute atomic E-state index is 0.0374. The zero-order valence-electron chi connectivity index (χ0n) is 17.3. The number of carboxylic acid groups (broad SMARTS) is 1. The number of aromatic hydroxyl groups is 1. The number of aliphatic carboxylic acids is 1. The highest BCUT2D eigenvalue weighted by Gasteiger charge is 2.37. The summed E-state index contributed by atoms with van der Waals surface area (Å²) in [6, 6.07) is 10.9. The second-order valence-corrected chi connectivity index (χ2v) is 8.67. The summed E-state index contributed by atoms with van der Waals surface area (Å²) in [4.78, 5) is 15.9. The zero-order chi connectivity index (χ0) is 22.3. The zero-order valence-corrected chi connectivity index (χ0v) is 17.3. The lowest BCUT2D eigenvalue weighted by Gasteiger charge is -2.33. The minimum atomic E-state index is -0.843. The molecule has 2 aromatic carbocycles. The number of halogens is 1. The van der Waals surface area contributed by atoms with E-state index in [0.29, 0.717) is 23.9 Å². The Hall–Kier alpha value is -3.19. The lowest BCUT2D eigenvalue weighted by molar-refractivity contribution is -0.148. The number of hydrogen-bond donors (Lipinski definition) is 3. The van der Waals surface area contributed by atoms with Crippen LogP contribution in [0, 0.1) is 11.7 Å². The van der Waals surface area contributed by atoms with Gasteiger partial charge in [-0.05, 0) is 54.1 Å². The SMILES string of the molecule is CC(C)(CO)c1nc(OC2CC(C(=O)O)C2)c2cc(O)ccc2c1-c1ccc(F)cc1. The molecule has 1 heterocycles. The molecule has 7 heteroatoms. The van der Waals surface area contributed by atoms with Gasteiger partial charge in [-0.1, -0.05) is 26.0 Å². The molecule has 1 aliphatic rings. The largest absolute Gasteiger partial charge is 0.508 e. The fourth-order valence-corrected chi connectivity index (χ4v) is 3.86. The Balaban J connectivity index is 1.91. The van der Waals surface area contributed by atoms with Crippen molar-refractivity contribution in [3.05, 3.63) is 54.0 Å². The summed E-state index contributed by atoms with van der Waals surface area (Å²) >= 11 is 0. The van der Waals surface area contributed by atoms with Crippen molar-refractivity contribution in [3.8, 4) is 22.8 Å². The number of carboxylic acids is 1. The Morgan fingerprint density at radius 2 is 1.84 bits per heavy atom. The molecule has 0 bridgehead atoms. The molecule has 3 N–H and O–H groups in total. The highest BCUT2D eigenvalue weighted by atomic mass is 19.1. The standard InChI is InChI=1S/C24H24FNO5/c1-24(2,12-27)21-20(13-3-5-15(25)6-4-13)18-8-7-16(28)11-19(18)22(26-21)31-17-9-14(10-17)23(29)30/h3-8,11,14,17,27-28H,9-10,12H2,1-2H3,(H,29,30). The first-order valence-corrected chi connectivity index (χ1v) is 10.1. The van der Waals surface area contributed by atoms with E-state index < -0.39 is 17.3 Å². The predicted octanol–water partition coefficient (Wildman–Crippen LogP) is 4.26. The Labute approximate surface area is 178 Å². The molecule has 0 radical (unpaired) electrons. The van der Waals surface area contributed by atoms with Crippen LogP contribution in [0.4, 0.5) is 4.39 Å². The van der Waals surface area contributed by atoms with Gasteiger partial charge in [-0.25, -0.2) is 9.37 Å². The van der Waals surface area contributed by atoms with Crippen molar-refractivity contribution < 1.29 is 29.2 Å². The number of carbonyl (C=O) groups is 1. The van der Waals surface area contributed by atoms with Crippen LogP contribution in [-0.4, -0.2) is 39.0 Å². The molecule has 0 aliphatic heterocycles. The van der Waals surface area contributed by atoms with E-state index in [2.05, 4.69) is 0 Å². The smallest absolute Gasteiger partial charge is 0.306 e. The van der Waals surface area contributed by atoms with Gasteiger partial charge in [0.2, 0.25) is 5.88 Å². The minimum Gasteiger partial charge on any atom is -0.508 e. The van der Waals surface area contributed by atoms with E-state index in [4.69, 9.17) is 14.8 Å². The maximum Gasteiger partial charge on any atom is 0.306 e. The molecule has 1 fully saturated rings. The molecule has 4 rings (SSSR count). The van der Waals surface area contributed by atoms with E-state index in [1.165, 1.54) is 12.1 Å². The maximum absolute atomic E-state index is 13.6. The van der Waals surface area contributed by atoms with Crippen LogP contribution in [0.3, 0.4) is 0 Å². The first-order chi connectivity index (χ1) is 14.7. The van der Waals surface area contributed by atoms with Crippen LogP contribution >= 0.6 is 0 Å². The van der Waals surface area contributed by atoms with Crippen molar-refractivity contribution in [2.75, 3.05) is 6.61 Å². The fourth-order valence-electron chi connectivity index (χ4n) is 3.86. The van der Waals surface area contributed by atoms with Crippen molar-refractivity contribution >= 4 is 16.7 Å². The average Bonchev–Trinajstić information content (AvgIpc) is 2.70. The quantitative estimate of drug-likeness (QED) is 0.546. The van der Waals surface area contributed by atoms with Gasteiger partial charge < -0.3 is 20.1 Å². The third-order valence-electron chi connectivity index (χ3n) is 5.84. The second-order valence-electron chi connectivity index (χ2n) is 8.67. The highest BCUT2D eigenvalue weighted by Crippen LogP contribution is 2.43. The normalized spacial score (nSPS) is 18.6. The van der Waals surface area contributed by atoms with Gasteiger partial charge in [0.1, 0.15) is 17.7 Å². The molecular weight excluding hydrogens is 401 g/mol. The molecule has 0 atom stereocenters. The molecule has 0 saturated heterocycles. The van der Waals surface area contributed by atoms with Crippen LogP contribution in [0.2, 0.25) is 0 Å². The van der Waals surface area contributed by atoms with E-state index in [1.807, 2.05) is 13.8 Å². The van der Waals surface area contributed by atoms with Gasteiger partial charge in [0.15, 0.2) is 0 Å². The first kappa shape index (κ1) is 21.1. The summed E-state index contributed by atoms with van der Waals surface area (Å²) in [6.45, 7) is 3.52. The van der Waals surface area contributed by atoms with Gasteiger partial charge in [-0.3, -0.25) is 4.79 Å². The molecule has 162 valence electrons. The van der Waals surface area contributed by atoms with Crippen LogP contribution in [0.15, 0.2) is 42.5 Å². The molecule has 3 aromatic rings. The van der Waals surface area contributed by atoms with Crippen molar-refractivity contribution in [2.24, 2.45) is 5.92 Å². The van der Waals surface area contributed by atoms with Gasteiger partial charge >= 0.3 is 5.97 Å². The number of fused-ring (bicyclic) bond motifs is 1. The molecule has 1 saturated carbocycles. The van der Waals surface area contributed by atoms with Crippen molar-refractivity contribution in [2.45, 2.75) is 38.2 Å². The molecule has 6 nitrogen and oxygen atoms in total.